The molecular formula is C13H14N4O. The first-order chi connectivity index (χ1) is 8.54. The van der Waals surface area contributed by atoms with Gasteiger partial charge in [-0.3, -0.25) is 4.79 Å². The van der Waals surface area contributed by atoms with Crippen molar-refractivity contribution in [1.82, 2.24) is 9.97 Å². The predicted molar refractivity (Wildman–Crippen MR) is 70.3 cm³/mol. The molecule has 0 fully saturated rings. The van der Waals surface area contributed by atoms with Crippen LogP contribution in [0.2, 0.25) is 0 Å². The summed E-state index contributed by atoms with van der Waals surface area (Å²) < 4.78 is 0. The van der Waals surface area contributed by atoms with E-state index in [1.807, 2.05) is 32.0 Å². The second-order valence-corrected chi connectivity index (χ2v) is 4.16. The fourth-order valence-electron chi connectivity index (χ4n) is 1.70. The number of hydrogen-bond donors (Lipinski definition) is 2. The molecule has 1 amide bonds. The van der Waals surface area contributed by atoms with Gasteiger partial charge in [-0.15, -0.1) is 0 Å². The number of anilines is 2. The molecular weight excluding hydrogens is 228 g/mol. The second-order valence-electron chi connectivity index (χ2n) is 4.16. The Labute approximate surface area is 105 Å². The van der Waals surface area contributed by atoms with Gasteiger partial charge >= 0.3 is 0 Å². The van der Waals surface area contributed by atoms with Crippen LogP contribution >= 0.6 is 0 Å². The third kappa shape index (κ3) is 2.82. The number of hydrogen-bond acceptors (Lipinski definition) is 4. The van der Waals surface area contributed by atoms with Gasteiger partial charge in [-0.05, 0) is 37.1 Å². The van der Waals surface area contributed by atoms with Gasteiger partial charge in [0, 0.05) is 5.69 Å². The Hall–Kier alpha value is -2.43. The van der Waals surface area contributed by atoms with Crippen LogP contribution in [0.25, 0.3) is 0 Å². The number of benzene rings is 1. The molecule has 5 nitrogen and oxygen atoms in total. The average Bonchev–Trinajstić information content (AvgIpc) is 2.28. The third-order valence-electron chi connectivity index (χ3n) is 2.38. The van der Waals surface area contributed by atoms with Gasteiger partial charge in [-0.25, -0.2) is 9.97 Å². The maximum atomic E-state index is 11.9. The van der Waals surface area contributed by atoms with E-state index in [1.165, 1.54) is 12.4 Å². The summed E-state index contributed by atoms with van der Waals surface area (Å²) in [4.78, 5) is 19.6. The molecule has 0 saturated carbocycles. The second kappa shape index (κ2) is 4.83. The maximum absolute atomic E-state index is 11.9. The first kappa shape index (κ1) is 12.0. The lowest BCUT2D eigenvalue weighted by atomic mass is 10.1. The Kier molecular flexibility index (Phi) is 3.23. The summed E-state index contributed by atoms with van der Waals surface area (Å²) in [6, 6.07) is 5.84. The third-order valence-corrected chi connectivity index (χ3v) is 2.38. The number of carbonyl (C=O) groups is 1. The minimum atomic E-state index is -0.299. The van der Waals surface area contributed by atoms with Gasteiger partial charge in [0.1, 0.15) is 11.5 Å². The lowest BCUT2D eigenvalue weighted by Crippen LogP contribution is -2.14. The quantitative estimate of drug-likeness (QED) is 0.843. The van der Waals surface area contributed by atoms with Gasteiger partial charge < -0.3 is 11.1 Å². The van der Waals surface area contributed by atoms with Crippen LogP contribution < -0.4 is 11.1 Å². The number of nitrogens with two attached hydrogens (primary N) is 1. The fourth-order valence-corrected chi connectivity index (χ4v) is 1.70. The zero-order valence-electron chi connectivity index (χ0n) is 10.3. The summed E-state index contributed by atoms with van der Waals surface area (Å²) in [6.45, 7) is 3.96. The standard InChI is InChI=1S/C13H14N4O/c1-8-3-9(2)5-10(4-8)17-13(18)11-6-16-12(14)7-15-11/h3-7H,1-2H3,(H2,14,16)(H,17,18). The Balaban J connectivity index is 2.18. The van der Waals surface area contributed by atoms with Crippen molar-refractivity contribution in [2.75, 3.05) is 11.1 Å². The van der Waals surface area contributed by atoms with Gasteiger partial charge in [0.2, 0.25) is 0 Å². The summed E-state index contributed by atoms with van der Waals surface area (Å²) in [7, 11) is 0. The minimum Gasteiger partial charge on any atom is -0.382 e. The van der Waals surface area contributed by atoms with E-state index >= 15 is 0 Å². The molecule has 92 valence electrons. The van der Waals surface area contributed by atoms with Crippen LogP contribution in [0.3, 0.4) is 0 Å². The van der Waals surface area contributed by atoms with Gasteiger partial charge in [0.15, 0.2) is 0 Å². The highest BCUT2D eigenvalue weighted by Crippen LogP contribution is 2.14. The fraction of sp³-hybridized carbons (Fsp3) is 0.154. The molecule has 2 aromatic rings. The number of amides is 1. The topological polar surface area (TPSA) is 80.9 Å². The van der Waals surface area contributed by atoms with E-state index in [1.54, 1.807) is 0 Å². The van der Waals surface area contributed by atoms with Crippen molar-refractivity contribution in [2.24, 2.45) is 0 Å². The number of nitrogens with zero attached hydrogens (tertiary/aromatic N) is 2. The normalized spacial score (nSPS) is 10.1. The van der Waals surface area contributed by atoms with Crippen LogP contribution in [0.4, 0.5) is 11.5 Å². The number of rotatable bonds is 2. The molecule has 5 heteroatoms. The highest BCUT2D eigenvalue weighted by atomic mass is 16.1. The van der Waals surface area contributed by atoms with E-state index < -0.39 is 0 Å². The van der Waals surface area contributed by atoms with E-state index in [-0.39, 0.29) is 17.4 Å². The van der Waals surface area contributed by atoms with Crippen molar-refractivity contribution in [3.63, 3.8) is 0 Å². The van der Waals surface area contributed by atoms with Gasteiger partial charge in [-0.1, -0.05) is 6.07 Å². The Morgan fingerprint density at radius 2 is 1.78 bits per heavy atom. The van der Waals surface area contributed by atoms with Crippen molar-refractivity contribution in [2.45, 2.75) is 13.8 Å². The van der Waals surface area contributed by atoms with E-state index in [0.29, 0.717) is 0 Å². The van der Waals surface area contributed by atoms with Crippen molar-refractivity contribution in [1.29, 1.82) is 0 Å². The molecule has 1 heterocycles. The van der Waals surface area contributed by atoms with Crippen LogP contribution in [-0.4, -0.2) is 15.9 Å². The maximum Gasteiger partial charge on any atom is 0.275 e. The summed E-state index contributed by atoms with van der Waals surface area (Å²) in [5.41, 5.74) is 8.58. The molecule has 0 aliphatic heterocycles. The van der Waals surface area contributed by atoms with Crippen molar-refractivity contribution >= 4 is 17.4 Å². The van der Waals surface area contributed by atoms with E-state index in [9.17, 15) is 4.79 Å². The lowest BCUT2D eigenvalue weighted by molar-refractivity contribution is 0.102. The zero-order chi connectivity index (χ0) is 13.1. The number of nitrogens with one attached hydrogen (secondary N) is 1. The lowest BCUT2D eigenvalue weighted by Gasteiger charge is -2.07. The Morgan fingerprint density at radius 1 is 1.11 bits per heavy atom. The number of aromatic nitrogens is 2. The monoisotopic (exact) mass is 242 g/mol. The smallest absolute Gasteiger partial charge is 0.275 e. The largest absolute Gasteiger partial charge is 0.382 e. The summed E-state index contributed by atoms with van der Waals surface area (Å²) in [5.74, 6) is -0.00884. The minimum absolute atomic E-state index is 0.239. The summed E-state index contributed by atoms with van der Waals surface area (Å²) >= 11 is 0. The van der Waals surface area contributed by atoms with Crippen LogP contribution in [0.1, 0.15) is 21.6 Å². The SMILES string of the molecule is Cc1cc(C)cc(NC(=O)c2cnc(N)cn2)c1. The molecule has 0 saturated heterocycles. The van der Waals surface area contributed by atoms with Crippen LogP contribution in [0.5, 0.6) is 0 Å². The van der Waals surface area contributed by atoms with Crippen molar-refractivity contribution < 1.29 is 4.79 Å². The molecule has 0 aliphatic carbocycles. The molecule has 1 aromatic heterocycles. The molecule has 0 unspecified atom stereocenters. The Bertz CT molecular complexity index is 558. The molecule has 3 N–H and O–H groups in total. The van der Waals surface area contributed by atoms with Crippen LogP contribution in [-0.2, 0) is 0 Å². The zero-order valence-corrected chi connectivity index (χ0v) is 10.3. The molecule has 0 atom stereocenters. The molecule has 0 bridgehead atoms. The number of carbonyl (C=O) groups excluding carboxylic acids is 1. The molecule has 0 aliphatic rings. The van der Waals surface area contributed by atoms with Crippen molar-refractivity contribution in [3.05, 3.63) is 47.4 Å². The van der Waals surface area contributed by atoms with Gasteiger partial charge in [-0.2, -0.15) is 0 Å². The average molecular weight is 242 g/mol. The van der Waals surface area contributed by atoms with E-state index in [4.69, 9.17) is 5.73 Å². The molecule has 2 rings (SSSR count). The molecule has 1 aromatic carbocycles. The Morgan fingerprint density at radius 3 is 2.33 bits per heavy atom. The first-order valence-electron chi connectivity index (χ1n) is 5.52. The summed E-state index contributed by atoms with van der Waals surface area (Å²) in [5, 5.41) is 2.78. The van der Waals surface area contributed by atoms with E-state index in [0.717, 1.165) is 16.8 Å². The van der Waals surface area contributed by atoms with Crippen molar-refractivity contribution in [3.8, 4) is 0 Å². The molecule has 0 radical (unpaired) electrons. The highest BCUT2D eigenvalue weighted by molar-refractivity contribution is 6.02. The first-order valence-corrected chi connectivity index (χ1v) is 5.52. The molecule has 18 heavy (non-hydrogen) atoms. The van der Waals surface area contributed by atoms with Crippen LogP contribution in [0.15, 0.2) is 30.6 Å². The number of aryl methyl sites for hydroxylation is 2. The van der Waals surface area contributed by atoms with Gasteiger partial charge in [0.05, 0.1) is 12.4 Å². The highest BCUT2D eigenvalue weighted by Gasteiger charge is 2.08. The number of nitrogen functional groups attached to an aromatic ring is 1. The van der Waals surface area contributed by atoms with Gasteiger partial charge in [0.25, 0.3) is 5.91 Å². The summed E-state index contributed by atoms with van der Waals surface area (Å²) in [6.07, 6.45) is 2.71. The van der Waals surface area contributed by atoms with E-state index in [2.05, 4.69) is 15.3 Å². The predicted octanol–water partition coefficient (Wildman–Crippen LogP) is 1.93. The van der Waals surface area contributed by atoms with Crippen LogP contribution in [0, 0.1) is 13.8 Å². The molecule has 0 spiro atoms.